The molecule has 0 radical (unpaired) electrons. The molecule has 0 fully saturated rings. The number of carboxylic acids is 1. The molecule has 2 heterocycles. The maximum absolute atomic E-state index is 11.0. The van der Waals surface area contributed by atoms with Crippen LogP contribution in [-0.2, 0) is 0 Å². The number of nitrogens with one attached hydrogen (secondary N) is 1. The summed E-state index contributed by atoms with van der Waals surface area (Å²) < 4.78 is 0. The third kappa shape index (κ3) is 2.46. The molecule has 0 spiro atoms. The van der Waals surface area contributed by atoms with Crippen molar-refractivity contribution in [1.82, 2.24) is 9.97 Å². The molecule has 0 aliphatic heterocycles. The van der Waals surface area contributed by atoms with Gasteiger partial charge in [0.1, 0.15) is 5.01 Å². The van der Waals surface area contributed by atoms with Crippen LogP contribution in [0.1, 0.15) is 21.1 Å². The molecule has 0 saturated carbocycles. The van der Waals surface area contributed by atoms with Gasteiger partial charge in [0.2, 0.25) is 0 Å². The molecule has 0 bridgehead atoms. The highest BCUT2D eigenvalue weighted by molar-refractivity contribution is 7.11. The molecule has 1 aromatic carbocycles. The molecule has 0 amide bonds. The largest absolute Gasteiger partial charge is 0.476 e. The lowest BCUT2D eigenvalue weighted by Gasteiger charge is -2.03. The van der Waals surface area contributed by atoms with E-state index in [0.29, 0.717) is 11.6 Å². The fraction of sp³-hybridized carbons (Fsp3) is 0.0667. The van der Waals surface area contributed by atoms with E-state index in [2.05, 4.69) is 9.97 Å². The fourth-order valence-electron chi connectivity index (χ4n) is 2.22. The summed E-state index contributed by atoms with van der Waals surface area (Å²) in [6, 6.07) is 7.92. The number of nitrogens with two attached hydrogens (primary N) is 1. The van der Waals surface area contributed by atoms with E-state index in [9.17, 15) is 4.79 Å². The van der Waals surface area contributed by atoms with Crippen molar-refractivity contribution in [3.63, 3.8) is 0 Å². The van der Waals surface area contributed by atoms with Crippen molar-refractivity contribution in [3.05, 3.63) is 58.2 Å². The Morgan fingerprint density at radius 1 is 1.43 bits per heavy atom. The van der Waals surface area contributed by atoms with Gasteiger partial charge in [-0.05, 0) is 6.07 Å². The number of carboxylic acid groups (broad SMARTS) is 1. The summed E-state index contributed by atoms with van der Waals surface area (Å²) in [5.74, 6) is -1.02. The van der Waals surface area contributed by atoms with Crippen molar-refractivity contribution in [2.75, 3.05) is 6.54 Å². The molecule has 6 heteroatoms. The molecule has 3 rings (SSSR count). The van der Waals surface area contributed by atoms with Crippen LogP contribution in [0, 0.1) is 0 Å². The van der Waals surface area contributed by atoms with Crippen LogP contribution in [0.2, 0.25) is 0 Å². The molecule has 2 aromatic heterocycles. The molecule has 3 aromatic rings. The van der Waals surface area contributed by atoms with Gasteiger partial charge in [-0.15, -0.1) is 11.3 Å². The van der Waals surface area contributed by atoms with Crippen LogP contribution in [0.15, 0.2) is 41.9 Å². The average molecular weight is 299 g/mol. The maximum Gasteiger partial charge on any atom is 0.355 e. The zero-order valence-corrected chi connectivity index (χ0v) is 11.9. The first-order valence-electron chi connectivity index (χ1n) is 6.36. The number of hydrogen-bond donors (Lipinski definition) is 3. The molecular weight excluding hydrogens is 286 g/mol. The van der Waals surface area contributed by atoms with E-state index < -0.39 is 5.97 Å². The van der Waals surface area contributed by atoms with Crippen molar-refractivity contribution in [3.8, 4) is 0 Å². The Morgan fingerprint density at radius 2 is 2.24 bits per heavy atom. The first kappa shape index (κ1) is 13.5. The minimum Gasteiger partial charge on any atom is -0.476 e. The van der Waals surface area contributed by atoms with Gasteiger partial charge in [-0.2, -0.15) is 0 Å². The van der Waals surface area contributed by atoms with Crippen molar-refractivity contribution in [2.24, 2.45) is 5.73 Å². The number of aromatic nitrogens is 2. The van der Waals surface area contributed by atoms with Crippen molar-refractivity contribution in [2.45, 2.75) is 0 Å². The number of para-hydroxylation sites is 1. The number of nitrogens with zero attached hydrogens (tertiary/aromatic N) is 1. The van der Waals surface area contributed by atoms with E-state index in [1.165, 1.54) is 16.7 Å². The van der Waals surface area contributed by atoms with Gasteiger partial charge >= 0.3 is 5.97 Å². The first-order chi connectivity index (χ1) is 10.2. The summed E-state index contributed by atoms with van der Waals surface area (Å²) in [5.41, 5.74) is 8.56. The number of aromatic carboxylic acids is 1. The maximum atomic E-state index is 11.0. The van der Waals surface area contributed by atoms with Crippen molar-refractivity contribution < 1.29 is 9.90 Å². The normalized spacial score (nSPS) is 12.0. The molecule has 4 N–H and O–H groups in total. The van der Waals surface area contributed by atoms with Gasteiger partial charge < -0.3 is 15.8 Å². The Morgan fingerprint density at radius 3 is 2.95 bits per heavy atom. The highest BCUT2D eigenvalue weighted by Gasteiger charge is 2.15. The van der Waals surface area contributed by atoms with Gasteiger partial charge in [0.15, 0.2) is 5.69 Å². The second-order valence-electron chi connectivity index (χ2n) is 4.44. The molecule has 21 heavy (non-hydrogen) atoms. The lowest BCUT2D eigenvalue weighted by molar-refractivity contribution is 0.0691. The number of benzene rings is 1. The van der Waals surface area contributed by atoms with Gasteiger partial charge in [-0.25, -0.2) is 9.78 Å². The summed E-state index contributed by atoms with van der Waals surface area (Å²) in [5, 5.41) is 12.3. The molecule has 0 atom stereocenters. The van der Waals surface area contributed by atoms with E-state index in [1.54, 1.807) is 0 Å². The van der Waals surface area contributed by atoms with Gasteiger partial charge in [0.25, 0.3) is 0 Å². The lowest BCUT2D eigenvalue weighted by Crippen LogP contribution is -1.99. The SMILES string of the molecule is NC/C=C(/c1nc(C(=O)O)cs1)c1c[nH]c2ccccc12. The number of thiazole rings is 1. The van der Waals surface area contributed by atoms with E-state index >= 15 is 0 Å². The standard InChI is InChI=1S/C15H13N3O2S/c16-6-5-10(14-18-13(8-21-14)15(19)20)11-7-17-12-4-2-1-3-9(11)12/h1-5,7-8,17H,6,16H2,(H,19,20)/b10-5+. The zero-order chi connectivity index (χ0) is 14.8. The predicted octanol–water partition coefficient (Wildman–Crippen LogP) is 2.71. The van der Waals surface area contributed by atoms with Gasteiger partial charge in [-0.1, -0.05) is 24.3 Å². The highest BCUT2D eigenvalue weighted by Crippen LogP contribution is 2.31. The number of fused-ring (bicyclic) bond motifs is 1. The van der Waals surface area contributed by atoms with E-state index in [4.69, 9.17) is 10.8 Å². The second kappa shape index (κ2) is 5.51. The second-order valence-corrected chi connectivity index (χ2v) is 5.30. The zero-order valence-electron chi connectivity index (χ0n) is 11.0. The molecule has 0 aliphatic carbocycles. The van der Waals surface area contributed by atoms with Crippen molar-refractivity contribution >= 4 is 33.8 Å². The Kier molecular flexibility index (Phi) is 3.55. The van der Waals surface area contributed by atoms with E-state index in [1.807, 2.05) is 36.5 Å². The molecule has 5 nitrogen and oxygen atoms in total. The first-order valence-corrected chi connectivity index (χ1v) is 7.24. The quantitative estimate of drug-likeness (QED) is 0.690. The number of hydrogen-bond acceptors (Lipinski definition) is 4. The Bertz CT molecular complexity index is 832. The number of aromatic amines is 1. The third-order valence-electron chi connectivity index (χ3n) is 3.16. The van der Waals surface area contributed by atoms with Gasteiger partial charge in [0, 0.05) is 40.2 Å². The van der Waals surface area contributed by atoms with Crippen LogP contribution >= 0.6 is 11.3 Å². The fourth-order valence-corrected chi connectivity index (χ4v) is 3.07. The van der Waals surface area contributed by atoms with Crippen LogP contribution in [0.3, 0.4) is 0 Å². The molecule has 0 aliphatic rings. The van der Waals surface area contributed by atoms with Crippen LogP contribution in [-0.4, -0.2) is 27.6 Å². The number of rotatable bonds is 4. The Balaban J connectivity index is 2.14. The van der Waals surface area contributed by atoms with E-state index in [0.717, 1.165) is 22.0 Å². The molecule has 0 saturated heterocycles. The smallest absolute Gasteiger partial charge is 0.355 e. The van der Waals surface area contributed by atoms with Crippen LogP contribution in [0.4, 0.5) is 0 Å². The highest BCUT2D eigenvalue weighted by atomic mass is 32.1. The van der Waals surface area contributed by atoms with Gasteiger partial charge in [-0.3, -0.25) is 0 Å². The van der Waals surface area contributed by atoms with Crippen molar-refractivity contribution in [1.29, 1.82) is 0 Å². The Labute approximate surface area is 124 Å². The van der Waals surface area contributed by atoms with Crippen LogP contribution < -0.4 is 5.73 Å². The molecule has 0 unspecified atom stereocenters. The Hall–Kier alpha value is -2.44. The summed E-state index contributed by atoms with van der Waals surface area (Å²) in [6.07, 6.45) is 3.76. The van der Waals surface area contributed by atoms with Crippen LogP contribution in [0.5, 0.6) is 0 Å². The minimum absolute atomic E-state index is 0.0535. The number of H-pyrrole nitrogens is 1. The summed E-state index contributed by atoms with van der Waals surface area (Å²) in [4.78, 5) is 18.4. The monoisotopic (exact) mass is 299 g/mol. The lowest BCUT2D eigenvalue weighted by atomic mass is 10.1. The minimum atomic E-state index is -1.02. The summed E-state index contributed by atoms with van der Waals surface area (Å²) >= 11 is 1.30. The average Bonchev–Trinajstić information content (AvgIpc) is 3.12. The predicted molar refractivity (Wildman–Crippen MR) is 83.5 cm³/mol. The van der Waals surface area contributed by atoms with Crippen LogP contribution in [0.25, 0.3) is 16.5 Å². The number of carbonyl (C=O) groups is 1. The molecule has 106 valence electrons. The summed E-state index contributed by atoms with van der Waals surface area (Å²) in [6.45, 7) is 0.358. The third-order valence-corrected chi connectivity index (χ3v) is 4.03. The van der Waals surface area contributed by atoms with E-state index in [-0.39, 0.29) is 5.69 Å². The molecular formula is C15H13N3O2S. The summed E-state index contributed by atoms with van der Waals surface area (Å²) in [7, 11) is 0. The topological polar surface area (TPSA) is 92.0 Å². The van der Waals surface area contributed by atoms with Gasteiger partial charge in [0.05, 0.1) is 0 Å².